The first-order valence-corrected chi connectivity index (χ1v) is 6.94. The summed E-state index contributed by atoms with van der Waals surface area (Å²) in [5, 5.41) is 0. The van der Waals surface area contributed by atoms with Gasteiger partial charge in [-0.2, -0.15) is 0 Å². The van der Waals surface area contributed by atoms with Crippen LogP contribution in [0.2, 0.25) is 0 Å². The second-order valence-electron chi connectivity index (χ2n) is 3.52. The minimum Gasteiger partial charge on any atom is -0.106 e. The fourth-order valence-electron chi connectivity index (χ4n) is 0. The molecule has 0 aromatic rings. The first-order chi connectivity index (χ1) is 7.94. The highest BCUT2D eigenvalue weighted by Crippen LogP contribution is 2.23. The molecule has 0 atom stereocenters. The summed E-state index contributed by atoms with van der Waals surface area (Å²) in [6.07, 6.45) is 0. The third-order valence-corrected chi connectivity index (χ3v) is 1.73. The molecule has 0 saturated carbocycles. The Morgan fingerprint density at radius 3 is 0.647 bits per heavy atom. The van der Waals surface area contributed by atoms with E-state index in [1.54, 1.807) is 0 Å². The molecule has 0 bridgehead atoms. The van der Waals surface area contributed by atoms with Crippen molar-refractivity contribution in [2.24, 2.45) is 11.3 Å². The molecule has 0 aliphatic heterocycles. The predicted molar refractivity (Wildman–Crippen MR) is 90.8 cm³/mol. The van der Waals surface area contributed by atoms with Crippen molar-refractivity contribution in [3.05, 3.63) is 26.3 Å². The highest BCUT2D eigenvalue weighted by atomic mass is 14.2. The van der Waals surface area contributed by atoms with E-state index in [1.807, 2.05) is 41.5 Å². The molecule has 0 saturated heterocycles. The van der Waals surface area contributed by atoms with E-state index in [1.165, 1.54) is 0 Å². The molecule has 17 heavy (non-hydrogen) atoms. The molecule has 0 aliphatic carbocycles. The zero-order valence-corrected chi connectivity index (χ0v) is 14.9. The Hall–Kier alpha value is -0.520. The van der Waals surface area contributed by atoms with Crippen LogP contribution in [0, 0.1) is 11.3 Å². The van der Waals surface area contributed by atoms with Gasteiger partial charge >= 0.3 is 0 Å². The van der Waals surface area contributed by atoms with Crippen LogP contribution in [-0.4, -0.2) is 0 Å². The summed E-state index contributed by atoms with van der Waals surface area (Å²) >= 11 is 0. The summed E-state index contributed by atoms with van der Waals surface area (Å²) in [4.78, 5) is 0. The van der Waals surface area contributed by atoms with E-state index in [0.29, 0.717) is 5.41 Å². The van der Waals surface area contributed by atoms with Gasteiger partial charge in [0.1, 0.15) is 0 Å². The largest absolute Gasteiger partial charge is 0.106 e. The molecule has 110 valence electrons. The summed E-state index contributed by atoms with van der Waals surface area (Å²) < 4.78 is 0. The van der Waals surface area contributed by atoms with E-state index < -0.39 is 0 Å². The van der Waals surface area contributed by atoms with Crippen LogP contribution in [0.15, 0.2) is 26.3 Å². The molecule has 0 aromatic carbocycles. The van der Waals surface area contributed by atoms with Crippen LogP contribution in [0.5, 0.6) is 0 Å². The van der Waals surface area contributed by atoms with Crippen molar-refractivity contribution in [3.63, 3.8) is 0 Å². The first kappa shape index (κ1) is 36.0. The Morgan fingerprint density at radius 2 is 0.647 bits per heavy atom. The molecule has 0 rings (SSSR count). The van der Waals surface area contributed by atoms with E-state index >= 15 is 0 Å². The van der Waals surface area contributed by atoms with Gasteiger partial charge in [0.25, 0.3) is 0 Å². The fourth-order valence-corrected chi connectivity index (χ4v) is 0. The molecule has 0 fully saturated rings. The zero-order chi connectivity index (χ0) is 16.1. The smallest absolute Gasteiger partial charge is 0.0360 e. The normalized spacial score (nSPS) is 6.82. The van der Waals surface area contributed by atoms with Crippen molar-refractivity contribution in [2.45, 2.75) is 76.2 Å². The maximum absolute atomic E-state index is 3.00. The Labute approximate surface area is 114 Å². The van der Waals surface area contributed by atoms with Crippen molar-refractivity contribution >= 4 is 0 Å². The van der Waals surface area contributed by atoms with Crippen LogP contribution in [0.1, 0.15) is 76.2 Å². The second-order valence-corrected chi connectivity index (χ2v) is 3.52. The van der Waals surface area contributed by atoms with Crippen LogP contribution < -0.4 is 0 Å². The molecule has 0 heterocycles. The van der Waals surface area contributed by atoms with Gasteiger partial charge in [-0.3, -0.25) is 0 Å². The van der Waals surface area contributed by atoms with E-state index in [4.69, 9.17) is 0 Å². The van der Waals surface area contributed by atoms with Crippen molar-refractivity contribution in [1.82, 2.24) is 0 Å². The Bertz CT molecular complexity index is 62.6. The highest BCUT2D eigenvalue weighted by molar-refractivity contribution is 4.64. The van der Waals surface area contributed by atoms with E-state index in [0.717, 1.165) is 5.92 Å². The second kappa shape index (κ2) is 45.1. The van der Waals surface area contributed by atoms with Gasteiger partial charge in [0.15, 0.2) is 0 Å². The van der Waals surface area contributed by atoms with E-state index in [2.05, 4.69) is 60.9 Å². The molecule has 0 unspecified atom stereocenters. The molecule has 0 heteroatoms. The Morgan fingerprint density at radius 1 is 0.588 bits per heavy atom. The predicted octanol–water partition coefficient (Wildman–Crippen LogP) is 7.37. The summed E-state index contributed by atoms with van der Waals surface area (Å²) in [5.41, 5.74) is 0.500. The van der Waals surface area contributed by atoms with Gasteiger partial charge in [0.2, 0.25) is 0 Å². The molecule has 0 spiro atoms. The number of hydrogen-bond donors (Lipinski definition) is 0. The first-order valence-electron chi connectivity index (χ1n) is 6.94. The molecule has 0 aliphatic rings. The lowest BCUT2D eigenvalue weighted by molar-refractivity contribution is 0.283. The molecular weight excluding hydrogens is 204 g/mol. The Kier molecular flexibility index (Phi) is 95.5. The van der Waals surface area contributed by atoms with E-state index in [-0.39, 0.29) is 0 Å². The molecule has 0 aromatic heterocycles. The topological polar surface area (TPSA) is 0 Å². The molecule has 0 amide bonds. The van der Waals surface area contributed by atoms with Crippen LogP contribution >= 0.6 is 0 Å². The molecule has 0 nitrogen and oxygen atoms in total. The minimum atomic E-state index is 0.500. The van der Waals surface area contributed by atoms with Crippen LogP contribution in [0.4, 0.5) is 0 Å². The average molecular weight is 247 g/mol. The minimum absolute atomic E-state index is 0.500. The Balaban J connectivity index is -0.0000000257. The highest BCUT2D eigenvalue weighted by Gasteiger charge is 2.13. The SMILES string of the molecule is C=C.C=C.CC.CC.CC.CC(C)C(C)(C)C. The summed E-state index contributed by atoms with van der Waals surface area (Å²) in [6.45, 7) is 35.3. The van der Waals surface area contributed by atoms with Gasteiger partial charge in [-0.15, -0.1) is 26.3 Å². The van der Waals surface area contributed by atoms with Crippen molar-refractivity contribution < 1.29 is 0 Å². The summed E-state index contributed by atoms with van der Waals surface area (Å²) in [6, 6.07) is 0. The van der Waals surface area contributed by atoms with Gasteiger partial charge in [0.05, 0.1) is 0 Å². The van der Waals surface area contributed by atoms with Gasteiger partial charge in [-0.05, 0) is 11.3 Å². The van der Waals surface area contributed by atoms with Crippen LogP contribution in [0.3, 0.4) is 0 Å². The maximum Gasteiger partial charge on any atom is -0.0360 e. The third-order valence-electron chi connectivity index (χ3n) is 1.73. The van der Waals surface area contributed by atoms with Gasteiger partial charge in [-0.1, -0.05) is 76.2 Å². The molecular formula is C17H42. The molecule has 0 radical (unpaired) electrons. The molecule has 0 N–H and O–H groups in total. The van der Waals surface area contributed by atoms with E-state index in [9.17, 15) is 0 Å². The lowest BCUT2D eigenvalue weighted by Gasteiger charge is -2.22. The van der Waals surface area contributed by atoms with Crippen molar-refractivity contribution in [1.29, 1.82) is 0 Å². The van der Waals surface area contributed by atoms with Crippen molar-refractivity contribution in [3.8, 4) is 0 Å². The standard InChI is InChI=1S/C7H16.3C2H6.2C2H4/c1-6(2)7(3,4)5;5*1-2/h6H,1-5H3;3*1-2H3;2*1-2H2. The van der Waals surface area contributed by atoms with Crippen LogP contribution in [0.25, 0.3) is 0 Å². The zero-order valence-electron chi connectivity index (χ0n) is 14.9. The maximum atomic E-state index is 3.00. The summed E-state index contributed by atoms with van der Waals surface area (Å²) in [5.74, 6) is 0.799. The number of rotatable bonds is 0. The summed E-state index contributed by atoms with van der Waals surface area (Å²) in [7, 11) is 0. The van der Waals surface area contributed by atoms with Crippen LogP contribution in [-0.2, 0) is 0 Å². The monoisotopic (exact) mass is 246 g/mol. The lowest BCUT2D eigenvalue weighted by atomic mass is 9.84. The third kappa shape index (κ3) is 93.7. The van der Waals surface area contributed by atoms with Gasteiger partial charge < -0.3 is 0 Å². The number of hydrogen-bond acceptors (Lipinski definition) is 0. The van der Waals surface area contributed by atoms with Gasteiger partial charge in [0, 0.05) is 0 Å². The average Bonchev–Trinajstić information content (AvgIpc) is 2.40. The lowest BCUT2D eigenvalue weighted by Crippen LogP contribution is -2.12. The fraction of sp³-hybridized carbons (Fsp3) is 0.765. The quantitative estimate of drug-likeness (QED) is 0.391. The van der Waals surface area contributed by atoms with Crippen molar-refractivity contribution in [2.75, 3.05) is 0 Å². The van der Waals surface area contributed by atoms with Gasteiger partial charge in [-0.25, -0.2) is 0 Å².